The number of benzene rings is 1. The first-order chi connectivity index (χ1) is 13.2. The molecule has 3 rings (SSSR count). The number of nitrogens with zero attached hydrogens (tertiary/aromatic N) is 1. The molecule has 1 aromatic carbocycles. The minimum atomic E-state index is -0.609. The van der Waals surface area contributed by atoms with Crippen LogP contribution in [0.4, 0.5) is 0 Å². The number of ether oxygens (including phenoxy) is 2. The summed E-state index contributed by atoms with van der Waals surface area (Å²) < 4.78 is 11.4. The highest BCUT2D eigenvalue weighted by atomic mass is 79.9. The maximum Gasteiger partial charge on any atom is 0.315 e. The van der Waals surface area contributed by atoms with Gasteiger partial charge in [-0.1, -0.05) is 41.9 Å². The Labute approximate surface area is 174 Å². The van der Waals surface area contributed by atoms with Crippen molar-refractivity contribution in [3.63, 3.8) is 0 Å². The fraction of sp³-hybridized carbons (Fsp3) is 0.500. The van der Waals surface area contributed by atoms with E-state index in [2.05, 4.69) is 29.8 Å². The topological polar surface area (TPSA) is 65.0 Å². The third-order valence-corrected chi connectivity index (χ3v) is 5.85. The smallest absolute Gasteiger partial charge is 0.315 e. The Morgan fingerprint density at radius 3 is 2.54 bits per heavy atom. The number of hydrogen-bond donors (Lipinski definition) is 0. The molecule has 0 bridgehead atoms. The van der Waals surface area contributed by atoms with E-state index in [9.17, 15) is 9.59 Å². The molecule has 1 unspecified atom stereocenters. The molecule has 0 fully saturated rings. The summed E-state index contributed by atoms with van der Waals surface area (Å²) in [6.07, 6.45) is 1.18. The van der Waals surface area contributed by atoms with Gasteiger partial charge in [0.15, 0.2) is 5.78 Å². The predicted molar refractivity (Wildman–Crippen MR) is 111 cm³/mol. The Bertz CT molecular complexity index is 839. The quantitative estimate of drug-likeness (QED) is 0.493. The van der Waals surface area contributed by atoms with Crippen molar-refractivity contribution in [2.45, 2.75) is 39.5 Å². The van der Waals surface area contributed by atoms with E-state index in [-0.39, 0.29) is 29.7 Å². The lowest BCUT2D eigenvalue weighted by Gasteiger charge is -2.39. The lowest BCUT2D eigenvalue weighted by Crippen LogP contribution is -2.39. The van der Waals surface area contributed by atoms with Crippen molar-refractivity contribution in [2.24, 2.45) is 16.3 Å². The van der Waals surface area contributed by atoms with E-state index in [0.717, 1.165) is 22.2 Å². The van der Waals surface area contributed by atoms with E-state index in [1.54, 1.807) is 7.11 Å². The fourth-order valence-electron chi connectivity index (χ4n) is 4.10. The number of carbonyl (C=O) groups excluding carboxylic acids is 2. The number of Topliss-reactive ketones (excluding diaryl/α,β-unsaturated/α-hetero) is 1. The van der Waals surface area contributed by atoms with E-state index in [1.807, 2.05) is 31.2 Å². The van der Waals surface area contributed by atoms with Crippen LogP contribution < -0.4 is 0 Å². The Hall–Kier alpha value is -1.79. The third kappa shape index (κ3) is 4.28. The van der Waals surface area contributed by atoms with Gasteiger partial charge in [-0.25, -0.2) is 0 Å². The predicted octanol–water partition coefficient (Wildman–Crippen LogP) is 4.46. The summed E-state index contributed by atoms with van der Waals surface area (Å²) in [5, 5.41) is 0. The van der Waals surface area contributed by atoms with Gasteiger partial charge in [-0.15, -0.1) is 0 Å². The minimum Gasteiger partial charge on any atom is -0.463 e. The normalized spacial score (nSPS) is 23.9. The van der Waals surface area contributed by atoms with Crippen molar-refractivity contribution in [3.8, 4) is 0 Å². The molecule has 0 radical (unpaired) electrons. The molecule has 1 heterocycles. The molecular formula is C22H26BrNO4. The lowest BCUT2D eigenvalue weighted by atomic mass is 9.67. The van der Waals surface area contributed by atoms with E-state index < -0.39 is 5.92 Å². The monoisotopic (exact) mass is 447 g/mol. The van der Waals surface area contributed by atoms with Crippen molar-refractivity contribution in [1.82, 2.24) is 0 Å². The van der Waals surface area contributed by atoms with E-state index in [1.165, 1.54) is 0 Å². The van der Waals surface area contributed by atoms with Gasteiger partial charge in [0.05, 0.1) is 6.61 Å². The number of hydrogen-bond acceptors (Lipinski definition) is 5. The first-order valence-electron chi connectivity index (χ1n) is 9.46. The molecule has 2 aliphatic rings. The van der Waals surface area contributed by atoms with Gasteiger partial charge >= 0.3 is 5.97 Å². The maximum absolute atomic E-state index is 13.1. The average Bonchev–Trinajstić information content (AvgIpc) is 2.60. The van der Waals surface area contributed by atoms with Crippen molar-refractivity contribution in [2.75, 3.05) is 20.3 Å². The second-order valence-corrected chi connectivity index (χ2v) is 9.14. The highest BCUT2D eigenvalue weighted by molar-refractivity contribution is 9.10. The van der Waals surface area contributed by atoms with Crippen LogP contribution in [0.15, 0.2) is 45.0 Å². The molecule has 0 spiro atoms. The Morgan fingerprint density at radius 2 is 1.89 bits per heavy atom. The fourth-order valence-corrected chi connectivity index (χ4v) is 4.36. The molecule has 0 saturated heterocycles. The summed E-state index contributed by atoms with van der Waals surface area (Å²) in [6, 6.07) is 7.78. The Morgan fingerprint density at radius 1 is 1.21 bits per heavy atom. The third-order valence-electron chi connectivity index (χ3n) is 5.32. The molecule has 0 aromatic heterocycles. The van der Waals surface area contributed by atoms with Crippen LogP contribution in [0.1, 0.15) is 45.1 Å². The molecule has 0 amide bonds. The molecule has 150 valence electrons. The van der Waals surface area contributed by atoms with Crippen molar-refractivity contribution in [3.05, 3.63) is 45.6 Å². The van der Waals surface area contributed by atoms with E-state index >= 15 is 0 Å². The molecular weight excluding hydrogens is 422 g/mol. The lowest BCUT2D eigenvalue weighted by molar-refractivity contribution is -0.147. The summed E-state index contributed by atoms with van der Waals surface area (Å²) in [7, 11) is 1.56. The molecule has 0 N–H and O–H groups in total. The van der Waals surface area contributed by atoms with Crippen LogP contribution in [0, 0.1) is 11.3 Å². The molecule has 1 aromatic rings. The standard InChI is InChI=1S/C22H26BrNO4/c1-13-18(21(26)28-10-9-27-4)19(14-5-7-15(23)8-6-14)20-16(24-13)11-22(2,3)12-17(20)25/h5-8,18-19H,9-12H2,1-4H3/t18?,19-/m1/s1. The van der Waals surface area contributed by atoms with Crippen LogP contribution in [-0.2, 0) is 19.1 Å². The van der Waals surface area contributed by atoms with Gasteiger partial charge in [0.2, 0.25) is 0 Å². The number of esters is 1. The van der Waals surface area contributed by atoms with Gasteiger partial charge in [-0.3, -0.25) is 14.6 Å². The van der Waals surface area contributed by atoms with Crippen molar-refractivity contribution < 1.29 is 19.1 Å². The Balaban J connectivity index is 2.06. The average molecular weight is 448 g/mol. The maximum atomic E-state index is 13.1. The van der Waals surface area contributed by atoms with Crippen LogP contribution in [0.2, 0.25) is 0 Å². The second-order valence-electron chi connectivity index (χ2n) is 8.22. The zero-order valence-corrected chi connectivity index (χ0v) is 18.3. The van der Waals surface area contributed by atoms with E-state index in [4.69, 9.17) is 14.5 Å². The van der Waals surface area contributed by atoms with Crippen LogP contribution in [0.3, 0.4) is 0 Å². The summed E-state index contributed by atoms with van der Waals surface area (Å²) in [5.74, 6) is -1.28. The summed E-state index contributed by atoms with van der Waals surface area (Å²) in [4.78, 5) is 30.8. The summed E-state index contributed by atoms with van der Waals surface area (Å²) in [6.45, 7) is 6.53. The van der Waals surface area contributed by atoms with Gasteiger partial charge in [0.25, 0.3) is 0 Å². The first-order valence-corrected chi connectivity index (χ1v) is 10.3. The zero-order chi connectivity index (χ0) is 20.5. The summed E-state index contributed by atoms with van der Waals surface area (Å²) in [5.41, 5.74) is 2.97. The molecule has 5 nitrogen and oxygen atoms in total. The highest BCUT2D eigenvalue weighted by Gasteiger charge is 2.45. The molecule has 1 aliphatic carbocycles. The van der Waals surface area contributed by atoms with Crippen molar-refractivity contribution in [1.29, 1.82) is 0 Å². The molecule has 2 atom stereocenters. The van der Waals surface area contributed by atoms with Crippen LogP contribution in [0.5, 0.6) is 0 Å². The molecule has 1 aliphatic heterocycles. The molecule has 28 heavy (non-hydrogen) atoms. The number of methoxy groups -OCH3 is 1. The number of halogens is 1. The number of allylic oxidation sites excluding steroid dienone is 2. The number of rotatable bonds is 5. The second kappa shape index (κ2) is 8.29. The summed E-state index contributed by atoms with van der Waals surface area (Å²) >= 11 is 3.45. The number of carbonyl (C=O) groups is 2. The largest absolute Gasteiger partial charge is 0.463 e. The first kappa shape index (κ1) is 20.9. The van der Waals surface area contributed by atoms with Crippen LogP contribution in [-0.4, -0.2) is 37.8 Å². The van der Waals surface area contributed by atoms with Gasteiger partial charge in [-0.2, -0.15) is 0 Å². The minimum absolute atomic E-state index is 0.0742. The SMILES string of the molecule is COCCOC(=O)C1C(C)=NC2=C(C(=O)CC(C)(C)C2)[C@@H]1c1ccc(Br)cc1. The Kier molecular flexibility index (Phi) is 6.20. The molecule has 0 saturated carbocycles. The van der Waals surface area contributed by atoms with E-state index in [0.29, 0.717) is 24.3 Å². The zero-order valence-electron chi connectivity index (χ0n) is 16.8. The van der Waals surface area contributed by atoms with Gasteiger partial charge < -0.3 is 9.47 Å². The number of aliphatic imine (C=N–C) groups is 1. The van der Waals surface area contributed by atoms with Crippen LogP contribution >= 0.6 is 15.9 Å². The van der Waals surface area contributed by atoms with Crippen LogP contribution in [0.25, 0.3) is 0 Å². The van der Waals surface area contributed by atoms with Gasteiger partial charge in [0, 0.05) is 40.9 Å². The van der Waals surface area contributed by atoms with Crippen molar-refractivity contribution >= 4 is 33.4 Å². The van der Waals surface area contributed by atoms with Gasteiger partial charge in [-0.05, 0) is 36.5 Å². The van der Waals surface area contributed by atoms with Gasteiger partial charge in [0.1, 0.15) is 12.5 Å². The number of ketones is 1. The highest BCUT2D eigenvalue weighted by Crippen LogP contribution is 2.48. The molecule has 6 heteroatoms.